The van der Waals surface area contributed by atoms with Crippen LogP contribution in [0.5, 0.6) is 0 Å². The first-order valence-electron chi connectivity index (χ1n) is 18.6. The van der Waals surface area contributed by atoms with Gasteiger partial charge in [-0.25, -0.2) is 0 Å². The number of unbranched alkanes of at least 4 members (excludes halogenated alkanes) is 2. The highest BCUT2D eigenvalue weighted by atomic mass is 16.7. The number of aliphatic hydroxyl groups is 1. The van der Waals surface area contributed by atoms with E-state index in [1.807, 2.05) is 24.3 Å². The number of carboxylic acids is 1. The molecule has 3 atom stereocenters. The van der Waals surface area contributed by atoms with Gasteiger partial charge in [-0.3, -0.25) is 19.4 Å². The molecule has 0 radical (unpaired) electrons. The van der Waals surface area contributed by atoms with Crippen LogP contribution < -0.4 is 5.32 Å². The Kier molecular flexibility index (Phi) is 13.6. The van der Waals surface area contributed by atoms with Gasteiger partial charge < -0.3 is 25.0 Å². The van der Waals surface area contributed by atoms with Crippen molar-refractivity contribution in [1.29, 1.82) is 0 Å². The molecule has 0 spiro atoms. The van der Waals surface area contributed by atoms with E-state index < -0.39 is 12.3 Å². The second-order valence-corrected chi connectivity index (χ2v) is 14.0. The quantitative estimate of drug-likeness (QED) is 0.109. The molecular weight excluding hydrogens is 654 g/mol. The smallest absolute Gasteiger partial charge is 0.303 e. The molecule has 274 valence electrons. The van der Waals surface area contributed by atoms with Crippen molar-refractivity contribution in [3.8, 4) is 11.1 Å². The van der Waals surface area contributed by atoms with Crippen molar-refractivity contribution in [2.45, 2.75) is 76.7 Å². The van der Waals surface area contributed by atoms with E-state index in [0.29, 0.717) is 25.8 Å². The molecule has 3 unspecified atom stereocenters. The SMILES string of the molecule is O=C(O)CCCCCC(=O)NCc1cccc(-c2ccc(C3OC(CN4CCN(Cc5ccccc5)CC4)CC(c4ccc(CO)cc4)O3)cc2)c1. The summed E-state index contributed by atoms with van der Waals surface area (Å²) in [5, 5.41) is 21.4. The van der Waals surface area contributed by atoms with E-state index in [1.54, 1.807) is 0 Å². The number of ether oxygens (including phenoxy) is 2. The van der Waals surface area contributed by atoms with E-state index in [2.05, 4.69) is 94.0 Å². The molecule has 2 heterocycles. The first-order chi connectivity index (χ1) is 25.4. The molecule has 9 heteroatoms. The van der Waals surface area contributed by atoms with Crippen molar-refractivity contribution in [1.82, 2.24) is 15.1 Å². The topological polar surface area (TPSA) is 112 Å². The number of nitrogens with zero attached hydrogens (tertiary/aromatic N) is 2. The van der Waals surface area contributed by atoms with Crippen LogP contribution in [0.1, 0.15) is 78.7 Å². The van der Waals surface area contributed by atoms with Crippen LogP contribution in [0.4, 0.5) is 0 Å². The van der Waals surface area contributed by atoms with E-state index in [9.17, 15) is 14.7 Å². The van der Waals surface area contributed by atoms with Crippen molar-refractivity contribution in [2.75, 3.05) is 32.7 Å². The number of rotatable bonds is 16. The van der Waals surface area contributed by atoms with Crippen molar-refractivity contribution >= 4 is 11.9 Å². The third-order valence-corrected chi connectivity index (χ3v) is 10.0. The molecule has 2 fully saturated rings. The number of carbonyl (C=O) groups excluding carboxylic acids is 1. The van der Waals surface area contributed by atoms with Crippen molar-refractivity contribution in [3.63, 3.8) is 0 Å². The van der Waals surface area contributed by atoms with Gasteiger partial charge in [0.1, 0.15) is 0 Å². The van der Waals surface area contributed by atoms with Crippen molar-refractivity contribution in [3.05, 3.63) is 131 Å². The number of hydrogen-bond donors (Lipinski definition) is 3. The van der Waals surface area contributed by atoms with Gasteiger partial charge in [-0.1, -0.05) is 103 Å². The van der Waals surface area contributed by atoms with E-state index in [4.69, 9.17) is 14.6 Å². The van der Waals surface area contributed by atoms with Gasteiger partial charge in [0.15, 0.2) is 6.29 Å². The molecule has 0 saturated carbocycles. The molecule has 0 aliphatic carbocycles. The predicted octanol–water partition coefficient (Wildman–Crippen LogP) is 6.86. The maximum atomic E-state index is 12.3. The Hall–Kier alpha value is -4.38. The minimum Gasteiger partial charge on any atom is -0.481 e. The fourth-order valence-electron chi connectivity index (χ4n) is 7.01. The van der Waals surface area contributed by atoms with Crippen LogP contribution in [0.3, 0.4) is 0 Å². The first-order valence-corrected chi connectivity index (χ1v) is 18.6. The largest absolute Gasteiger partial charge is 0.481 e. The monoisotopic (exact) mass is 705 g/mol. The molecule has 2 aliphatic heterocycles. The van der Waals surface area contributed by atoms with E-state index in [1.165, 1.54) is 5.56 Å². The predicted molar refractivity (Wildman–Crippen MR) is 201 cm³/mol. The normalized spacial score (nSPS) is 19.7. The molecular formula is C43H51N3O6. The number of nitrogens with one attached hydrogen (secondary N) is 1. The third kappa shape index (κ3) is 11.1. The molecule has 0 bridgehead atoms. The minimum atomic E-state index is -0.797. The molecule has 2 saturated heterocycles. The van der Waals surface area contributed by atoms with Crippen LogP contribution in [0.25, 0.3) is 11.1 Å². The van der Waals surface area contributed by atoms with Crippen LogP contribution in [-0.4, -0.2) is 70.7 Å². The summed E-state index contributed by atoms with van der Waals surface area (Å²) in [6.07, 6.45) is 2.66. The molecule has 6 rings (SSSR count). The number of amides is 1. The number of aliphatic hydroxyl groups excluding tert-OH is 1. The van der Waals surface area contributed by atoms with Gasteiger partial charge in [0, 0.05) is 70.6 Å². The first kappa shape index (κ1) is 37.4. The summed E-state index contributed by atoms with van der Waals surface area (Å²) in [6, 6.07) is 35.2. The third-order valence-electron chi connectivity index (χ3n) is 10.0. The molecule has 9 nitrogen and oxygen atoms in total. The maximum absolute atomic E-state index is 12.3. The molecule has 2 aliphatic rings. The molecule has 1 amide bonds. The zero-order chi connectivity index (χ0) is 36.1. The lowest BCUT2D eigenvalue weighted by atomic mass is 9.98. The standard InChI is InChI=1S/C43H51N3O6/c47-31-33-14-16-36(17-15-33)40-27-39(30-46-24-22-45(23-25-46)29-32-8-3-1-4-9-32)51-43(52-40)37-20-18-35(19-21-37)38-11-7-10-34(26-38)28-44-41(48)12-5-2-6-13-42(49)50/h1,3-4,7-11,14-21,26,39-40,43,47H,2,5-6,12-13,22-25,27-31H2,(H,44,48)(H,49,50). The van der Waals surface area contributed by atoms with Gasteiger partial charge in [0.2, 0.25) is 5.91 Å². The molecule has 4 aromatic rings. The summed E-state index contributed by atoms with van der Waals surface area (Å²) in [5.41, 5.74) is 7.41. The molecule has 0 aromatic heterocycles. The van der Waals surface area contributed by atoms with Gasteiger partial charge in [-0.2, -0.15) is 0 Å². The number of carbonyl (C=O) groups is 2. The Balaban J connectivity index is 1.07. The fraction of sp³-hybridized carbons (Fsp3) is 0.395. The Bertz CT molecular complexity index is 1710. The minimum absolute atomic E-state index is 0.00162. The van der Waals surface area contributed by atoms with Gasteiger partial charge in [-0.05, 0) is 52.3 Å². The second-order valence-electron chi connectivity index (χ2n) is 14.0. The maximum Gasteiger partial charge on any atom is 0.303 e. The molecule has 4 aromatic carbocycles. The van der Waals surface area contributed by atoms with E-state index >= 15 is 0 Å². The van der Waals surface area contributed by atoms with Gasteiger partial charge in [-0.15, -0.1) is 0 Å². The van der Waals surface area contributed by atoms with Crippen LogP contribution in [0.2, 0.25) is 0 Å². The van der Waals surface area contributed by atoms with Crippen LogP contribution in [-0.2, 0) is 38.8 Å². The summed E-state index contributed by atoms with van der Waals surface area (Å²) in [6.45, 7) is 6.33. The molecule has 3 N–H and O–H groups in total. The summed E-state index contributed by atoms with van der Waals surface area (Å²) in [4.78, 5) is 28.1. The molecule has 52 heavy (non-hydrogen) atoms. The highest BCUT2D eigenvalue weighted by molar-refractivity contribution is 5.76. The van der Waals surface area contributed by atoms with Gasteiger partial charge in [0.25, 0.3) is 0 Å². The van der Waals surface area contributed by atoms with Crippen molar-refractivity contribution in [2.24, 2.45) is 0 Å². The van der Waals surface area contributed by atoms with Crippen LogP contribution >= 0.6 is 0 Å². The number of carboxylic acid groups (broad SMARTS) is 1. The van der Waals surface area contributed by atoms with Crippen molar-refractivity contribution < 1.29 is 29.3 Å². The summed E-state index contributed by atoms with van der Waals surface area (Å²) in [7, 11) is 0. The number of benzene rings is 4. The number of hydrogen-bond acceptors (Lipinski definition) is 7. The lowest BCUT2D eigenvalue weighted by Gasteiger charge is -2.40. The zero-order valence-electron chi connectivity index (χ0n) is 29.9. The lowest BCUT2D eigenvalue weighted by Crippen LogP contribution is -2.49. The van der Waals surface area contributed by atoms with Gasteiger partial charge in [0.05, 0.1) is 18.8 Å². The van der Waals surface area contributed by atoms with E-state index in [-0.39, 0.29) is 31.1 Å². The zero-order valence-corrected chi connectivity index (χ0v) is 29.9. The summed E-state index contributed by atoms with van der Waals surface area (Å²) < 4.78 is 13.3. The highest BCUT2D eigenvalue weighted by Crippen LogP contribution is 2.39. The van der Waals surface area contributed by atoms with E-state index in [0.717, 1.165) is 85.5 Å². The second kappa shape index (κ2) is 18.9. The van der Waals surface area contributed by atoms with Gasteiger partial charge >= 0.3 is 5.97 Å². The Morgan fingerprint density at radius 3 is 2.12 bits per heavy atom. The number of aliphatic carboxylic acids is 1. The Labute approximate surface area is 307 Å². The summed E-state index contributed by atoms with van der Waals surface area (Å²) >= 11 is 0. The van der Waals surface area contributed by atoms with Crippen LogP contribution in [0.15, 0.2) is 103 Å². The average molecular weight is 706 g/mol. The highest BCUT2D eigenvalue weighted by Gasteiger charge is 2.34. The summed E-state index contributed by atoms with van der Waals surface area (Å²) in [5.74, 6) is -0.822. The number of piperazine rings is 1. The Morgan fingerprint density at radius 2 is 1.38 bits per heavy atom. The van der Waals surface area contributed by atoms with Crippen LogP contribution in [0, 0.1) is 0 Å². The Morgan fingerprint density at radius 1 is 0.692 bits per heavy atom. The lowest BCUT2D eigenvalue weighted by molar-refractivity contribution is -0.253. The fourth-order valence-corrected chi connectivity index (χ4v) is 7.01. The average Bonchev–Trinajstić information content (AvgIpc) is 3.18.